The fourth-order valence-corrected chi connectivity index (χ4v) is 14.9. The van der Waals surface area contributed by atoms with Gasteiger partial charge in [-0.3, -0.25) is 0 Å². The van der Waals surface area contributed by atoms with Gasteiger partial charge in [-0.1, -0.05) is 241 Å². The van der Waals surface area contributed by atoms with Gasteiger partial charge in [0.05, 0.1) is 57.6 Å². The molecule has 14 nitrogen and oxygen atoms in total. The molecule has 2 fully saturated rings. The van der Waals surface area contributed by atoms with Crippen LogP contribution in [0.2, 0.25) is 0 Å². The number of benzene rings is 7. The highest BCUT2D eigenvalue weighted by molar-refractivity contribution is 5.92. The van der Waals surface area contributed by atoms with Crippen LogP contribution in [0.15, 0.2) is 170 Å². The molecule has 0 amide bonds. The van der Waals surface area contributed by atoms with Crippen LogP contribution in [0.1, 0.15) is 316 Å². The first-order valence-corrected chi connectivity index (χ1v) is 39.7. The Kier molecular flexibility index (Phi) is 31.7. The molecule has 7 aromatic carbocycles. The average molecular weight is 1430 g/mol. The highest BCUT2D eigenvalue weighted by atomic mass is 16.6. The lowest BCUT2D eigenvalue weighted by atomic mass is 9.89. The molecule has 2 heterocycles. The summed E-state index contributed by atoms with van der Waals surface area (Å²) in [6, 6.07) is 48.9. The monoisotopic (exact) mass is 1430 g/mol. The molecular weight excluding hydrogens is 1310 g/mol. The fourth-order valence-electron chi connectivity index (χ4n) is 14.9. The first-order valence-electron chi connectivity index (χ1n) is 39.7. The van der Waals surface area contributed by atoms with E-state index in [1.165, 1.54) is 154 Å². The minimum absolute atomic E-state index is 0.0259. The standard InChI is InChI=1S/C91H116N2O12/c1-7-9-11-13-15-17-19-21-23-25-27-29-31-33-67-100-79-55-41-73(42-56-79)86(96)104-82-59-49-77(50-60-82)90(5)65-63-88(3,92(90)98)75-45-37-71(38-46-75)84(94)102-69-70-35-53-81(54-36-70)103-85(95)72-39-47-76(48-40-72)89(4)64-66-91(6,93(89)99)78-51-61-83(62-52-78)105-87(97)74-43-57-80(58-44-74)101-68-34-32-30-28-26-24-22-20-18-16-14-12-10-8-2/h35-62H,7-34,63-69H2,1-6H3/t88-,89-,90-,91-/m0/s1. The van der Waals surface area contributed by atoms with E-state index in [1.807, 2.05) is 52.0 Å². The molecule has 105 heavy (non-hydrogen) atoms. The Morgan fingerprint density at radius 3 is 0.781 bits per heavy atom. The summed E-state index contributed by atoms with van der Waals surface area (Å²) in [5.74, 6) is 0.444. The Bertz CT molecular complexity index is 3750. The Morgan fingerprint density at radius 2 is 0.505 bits per heavy atom. The number of rotatable bonds is 45. The van der Waals surface area contributed by atoms with E-state index in [9.17, 15) is 29.6 Å². The number of nitrogens with zero attached hydrogens (tertiary/aromatic N) is 2. The Balaban J connectivity index is 0.648. The maximum Gasteiger partial charge on any atom is 0.343 e. The number of esters is 4. The summed E-state index contributed by atoms with van der Waals surface area (Å²) in [4.78, 5) is 53.0. The van der Waals surface area contributed by atoms with Crippen molar-refractivity contribution in [2.75, 3.05) is 13.2 Å². The molecule has 0 spiro atoms. The number of hydroxylamine groups is 4. The minimum atomic E-state index is -0.889. The summed E-state index contributed by atoms with van der Waals surface area (Å²) in [5, 5.41) is 31.1. The quantitative estimate of drug-likeness (QED) is 0.0201. The number of hydrogen-bond acceptors (Lipinski definition) is 12. The van der Waals surface area contributed by atoms with Crippen LogP contribution in [0.4, 0.5) is 0 Å². The van der Waals surface area contributed by atoms with Crippen molar-refractivity contribution in [3.8, 4) is 28.7 Å². The number of ether oxygens (including phenoxy) is 6. The first-order chi connectivity index (χ1) is 50.9. The molecule has 0 aliphatic carbocycles. The predicted molar refractivity (Wildman–Crippen MR) is 414 cm³/mol. The molecule has 9 rings (SSSR count). The van der Waals surface area contributed by atoms with Gasteiger partial charge < -0.3 is 28.4 Å². The molecule has 562 valence electrons. The van der Waals surface area contributed by atoms with Crippen LogP contribution in [-0.2, 0) is 43.9 Å². The lowest BCUT2D eigenvalue weighted by Gasteiger charge is -2.37. The van der Waals surface area contributed by atoms with Crippen molar-refractivity contribution in [3.05, 3.63) is 220 Å². The Hall–Kier alpha value is -8.14. The summed E-state index contributed by atoms with van der Waals surface area (Å²) in [5.41, 5.74) is 1.78. The van der Waals surface area contributed by atoms with E-state index in [4.69, 9.17) is 28.4 Å². The van der Waals surface area contributed by atoms with Crippen molar-refractivity contribution in [2.45, 2.75) is 276 Å². The van der Waals surface area contributed by atoms with Gasteiger partial charge in [0.25, 0.3) is 0 Å². The lowest BCUT2D eigenvalue weighted by molar-refractivity contribution is -0.260. The van der Waals surface area contributed by atoms with Crippen molar-refractivity contribution in [1.82, 2.24) is 10.1 Å². The van der Waals surface area contributed by atoms with Crippen LogP contribution < -0.4 is 23.7 Å². The normalized spacial score (nSPS) is 18.8. The molecule has 2 aliphatic rings. The van der Waals surface area contributed by atoms with Gasteiger partial charge in [-0.2, -0.15) is 0 Å². The molecule has 2 aliphatic heterocycles. The molecule has 0 N–H and O–H groups in total. The van der Waals surface area contributed by atoms with Crippen molar-refractivity contribution in [1.29, 1.82) is 0 Å². The zero-order chi connectivity index (χ0) is 74.3. The summed E-state index contributed by atoms with van der Waals surface area (Å²) in [6.07, 6.45) is 38.9. The van der Waals surface area contributed by atoms with Gasteiger partial charge in [0.1, 0.15) is 35.4 Å². The van der Waals surface area contributed by atoms with E-state index >= 15 is 0 Å². The zero-order valence-electron chi connectivity index (χ0n) is 63.7. The van der Waals surface area contributed by atoms with Crippen LogP contribution in [-0.4, -0.2) is 47.2 Å². The predicted octanol–water partition coefficient (Wildman–Crippen LogP) is 23.6. The van der Waals surface area contributed by atoms with E-state index in [0.29, 0.717) is 84.0 Å². The van der Waals surface area contributed by atoms with Crippen molar-refractivity contribution >= 4 is 23.9 Å². The van der Waals surface area contributed by atoms with Crippen LogP contribution in [0.3, 0.4) is 0 Å². The van der Waals surface area contributed by atoms with Gasteiger partial charge in [-0.15, -0.1) is 20.5 Å². The zero-order valence-corrected chi connectivity index (χ0v) is 63.7. The molecule has 14 heteroatoms. The van der Waals surface area contributed by atoms with Crippen LogP contribution in [0.5, 0.6) is 28.7 Å². The summed E-state index contributed by atoms with van der Waals surface area (Å²) >= 11 is 0. The Labute approximate surface area is 626 Å². The van der Waals surface area contributed by atoms with Crippen LogP contribution in [0, 0.1) is 0 Å². The molecule has 0 bridgehead atoms. The molecule has 7 aromatic rings. The van der Waals surface area contributed by atoms with Gasteiger partial charge in [-0.25, -0.2) is 19.2 Å². The second kappa shape index (κ2) is 41.1. The highest BCUT2D eigenvalue weighted by Gasteiger charge is 2.54. The second-order valence-corrected chi connectivity index (χ2v) is 30.2. The Morgan fingerprint density at radius 1 is 0.286 bits per heavy atom. The van der Waals surface area contributed by atoms with Gasteiger partial charge >= 0.3 is 23.9 Å². The molecule has 0 aromatic heterocycles. The molecule has 2 radical (unpaired) electrons. The second-order valence-electron chi connectivity index (χ2n) is 30.2. The van der Waals surface area contributed by atoms with Gasteiger partial charge in [-0.05, 0) is 203 Å². The fraction of sp³-hybridized carbons (Fsp3) is 0.495. The smallest absolute Gasteiger partial charge is 0.343 e. The first kappa shape index (κ1) is 80.9. The van der Waals surface area contributed by atoms with Crippen molar-refractivity contribution < 1.29 is 58.0 Å². The summed E-state index contributed by atoms with van der Waals surface area (Å²) in [7, 11) is 0. The number of unbranched alkanes of at least 4 members (excludes halogenated alkanes) is 26. The van der Waals surface area contributed by atoms with Gasteiger partial charge in [0.2, 0.25) is 0 Å². The van der Waals surface area contributed by atoms with E-state index in [0.717, 1.165) is 69.6 Å². The number of carbonyl (C=O) groups is 4. The van der Waals surface area contributed by atoms with E-state index in [2.05, 4.69) is 13.8 Å². The van der Waals surface area contributed by atoms with Crippen molar-refractivity contribution in [3.63, 3.8) is 0 Å². The van der Waals surface area contributed by atoms with E-state index in [1.54, 1.807) is 146 Å². The van der Waals surface area contributed by atoms with Gasteiger partial charge in [0, 0.05) is 0 Å². The lowest BCUT2D eigenvalue weighted by Crippen LogP contribution is -2.44. The SMILES string of the molecule is CCCCCCCCCCCCCCCCOc1ccc(C(=O)Oc2ccc([C@]3(C)CC[C@@](C)(c4ccc(C(=O)OCc5ccc(OC(=O)c6ccc([C@]7(C)CC[C@@](C)(c8ccc(OC(=O)c9ccc(OCCCCCCCCCCCCCCCC)cc9)cc8)N7[O])cc6)cc5)cc4)N3[O])cc2)cc1. The molecule has 2 saturated heterocycles. The van der Waals surface area contributed by atoms with Crippen LogP contribution in [0.25, 0.3) is 0 Å². The third-order valence-electron chi connectivity index (χ3n) is 22.1. The molecule has 0 unspecified atom stereocenters. The topological polar surface area (TPSA) is 170 Å². The highest BCUT2D eigenvalue weighted by Crippen LogP contribution is 2.53. The third kappa shape index (κ3) is 23.2. The maximum absolute atomic E-state index is 14.4. The maximum atomic E-state index is 14.4. The molecule has 0 saturated carbocycles. The van der Waals surface area contributed by atoms with Crippen molar-refractivity contribution in [2.24, 2.45) is 0 Å². The van der Waals surface area contributed by atoms with Crippen LogP contribution >= 0.6 is 0 Å². The molecule has 4 atom stereocenters. The summed E-state index contributed by atoms with van der Waals surface area (Å²) in [6.45, 7) is 13.5. The van der Waals surface area contributed by atoms with Gasteiger partial charge in [0.15, 0.2) is 0 Å². The third-order valence-corrected chi connectivity index (χ3v) is 22.1. The van der Waals surface area contributed by atoms with E-state index in [-0.39, 0.29) is 6.61 Å². The minimum Gasteiger partial charge on any atom is -0.494 e. The largest absolute Gasteiger partial charge is 0.494 e. The van der Waals surface area contributed by atoms with E-state index < -0.39 is 46.0 Å². The molecular formula is C91H116N2O12. The number of hydrogen-bond donors (Lipinski definition) is 0. The average Bonchev–Trinajstić information content (AvgIpc) is 1.60. The number of carbonyl (C=O) groups excluding carboxylic acids is 4. The summed E-state index contributed by atoms with van der Waals surface area (Å²) < 4.78 is 34.8.